The number of allylic oxidation sites excluding steroid dienone is 1. The van der Waals surface area contributed by atoms with Crippen molar-refractivity contribution < 1.29 is 19.0 Å². The van der Waals surface area contributed by atoms with Crippen LogP contribution in [0.5, 0.6) is 17.2 Å². The molecule has 1 aromatic rings. The topological polar surface area (TPSA) is 44.8 Å². The summed E-state index contributed by atoms with van der Waals surface area (Å²) in [6, 6.07) is 3.43. The summed E-state index contributed by atoms with van der Waals surface area (Å²) in [6.45, 7) is 3.64. The third-order valence-corrected chi connectivity index (χ3v) is 2.37. The van der Waals surface area contributed by atoms with Gasteiger partial charge in [0.2, 0.25) is 0 Å². The van der Waals surface area contributed by atoms with Crippen molar-refractivity contribution in [2.45, 2.75) is 20.3 Å². The molecule has 4 nitrogen and oxygen atoms in total. The molecule has 0 aliphatic heterocycles. The van der Waals surface area contributed by atoms with Gasteiger partial charge >= 0.3 is 5.97 Å². The second kappa shape index (κ2) is 6.69. The van der Waals surface area contributed by atoms with E-state index in [0.717, 1.165) is 5.56 Å². The minimum Gasteiger partial charge on any atom is -0.493 e. The Morgan fingerprint density at radius 1 is 1.17 bits per heavy atom. The largest absolute Gasteiger partial charge is 0.493 e. The molecule has 0 aliphatic carbocycles. The number of benzene rings is 1. The number of rotatable bonds is 5. The lowest BCUT2D eigenvalue weighted by atomic mass is 10.1. The highest BCUT2D eigenvalue weighted by Gasteiger charge is 2.12. The summed E-state index contributed by atoms with van der Waals surface area (Å²) in [5.41, 5.74) is 0.775. The highest BCUT2D eigenvalue weighted by atomic mass is 16.5. The van der Waals surface area contributed by atoms with E-state index in [4.69, 9.17) is 14.2 Å². The van der Waals surface area contributed by atoms with E-state index >= 15 is 0 Å². The fraction of sp³-hybridized carbons (Fsp3) is 0.357. The van der Waals surface area contributed by atoms with E-state index in [9.17, 15) is 4.79 Å². The van der Waals surface area contributed by atoms with Gasteiger partial charge in [0.05, 0.1) is 14.2 Å². The number of esters is 1. The lowest BCUT2D eigenvalue weighted by Gasteiger charge is -2.12. The van der Waals surface area contributed by atoms with Gasteiger partial charge < -0.3 is 14.2 Å². The van der Waals surface area contributed by atoms with Crippen molar-refractivity contribution in [3.8, 4) is 17.2 Å². The van der Waals surface area contributed by atoms with Gasteiger partial charge in [0.15, 0.2) is 11.5 Å². The zero-order valence-corrected chi connectivity index (χ0v) is 11.1. The van der Waals surface area contributed by atoms with Gasteiger partial charge in [-0.15, -0.1) is 0 Å². The fourth-order valence-corrected chi connectivity index (χ4v) is 1.47. The Bertz CT molecular complexity index is 449. The molecule has 0 radical (unpaired) electrons. The molecule has 0 aromatic heterocycles. The average molecular weight is 250 g/mol. The molecule has 0 saturated heterocycles. The van der Waals surface area contributed by atoms with Gasteiger partial charge in [0.25, 0.3) is 0 Å². The predicted octanol–water partition coefficient (Wildman–Crippen LogP) is 3.05. The van der Waals surface area contributed by atoms with Crippen LogP contribution in [-0.4, -0.2) is 20.2 Å². The molecule has 0 unspecified atom stereocenters. The smallest absolute Gasteiger partial charge is 0.310 e. The third-order valence-electron chi connectivity index (χ3n) is 2.37. The Morgan fingerprint density at radius 3 is 2.28 bits per heavy atom. The lowest BCUT2D eigenvalue weighted by Crippen LogP contribution is -2.07. The van der Waals surface area contributed by atoms with Crippen molar-refractivity contribution in [2.75, 3.05) is 14.2 Å². The lowest BCUT2D eigenvalue weighted by molar-refractivity contribution is -0.134. The average Bonchev–Trinajstić information content (AvgIpc) is 2.40. The number of carbonyl (C=O) groups is 1. The van der Waals surface area contributed by atoms with Crippen molar-refractivity contribution >= 4 is 12.0 Å². The summed E-state index contributed by atoms with van der Waals surface area (Å²) in [5.74, 6) is 1.32. The van der Waals surface area contributed by atoms with Crippen LogP contribution in [-0.2, 0) is 4.79 Å². The molecule has 0 aliphatic rings. The molecule has 1 rings (SSSR count). The molecular formula is C14H18O4. The molecule has 0 bridgehead atoms. The van der Waals surface area contributed by atoms with Crippen molar-refractivity contribution in [1.82, 2.24) is 0 Å². The van der Waals surface area contributed by atoms with Gasteiger partial charge in [-0.2, -0.15) is 0 Å². The van der Waals surface area contributed by atoms with Crippen molar-refractivity contribution in [3.05, 3.63) is 23.8 Å². The SMILES string of the molecule is C/C=C/c1cc(OC)c(OC)cc1OC(=O)CC. The van der Waals surface area contributed by atoms with Gasteiger partial charge in [-0.3, -0.25) is 4.79 Å². The molecule has 0 atom stereocenters. The summed E-state index contributed by atoms with van der Waals surface area (Å²) in [4.78, 5) is 11.4. The van der Waals surface area contributed by atoms with E-state index in [-0.39, 0.29) is 5.97 Å². The van der Waals surface area contributed by atoms with Crippen LogP contribution in [0.2, 0.25) is 0 Å². The minimum atomic E-state index is -0.284. The fourth-order valence-electron chi connectivity index (χ4n) is 1.47. The van der Waals surface area contributed by atoms with Crippen molar-refractivity contribution in [2.24, 2.45) is 0 Å². The second-order valence-corrected chi connectivity index (χ2v) is 3.57. The summed E-state index contributed by atoms with van der Waals surface area (Å²) in [6.07, 6.45) is 4.04. The maximum atomic E-state index is 11.4. The molecule has 4 heteroatoms. The van der Waals surface area contributed by atoms with Crippen LogP contribution in [0, 0.1) is 0 Å². The first-order valence-corrected chi connectivity index (χ1v) is 5.75. The van der Waals surface area contributed by atoms with Gasteiger partial charge in [-0.05, 0) is 13.0 Å². The zero-order chi connectivity index (χ0) is 13.5. The van der Waals surface area contributed by atoms with Crippen LogP contribution in [0.3, 0.4) is 0 Å². The standard InChI is InChI=1S/C14H18O4/c1-5-7-10-8-12(16-3)13(17-4)9-11(10)18-14(15)6-2/h5,7-9H,6H2,1-4H3/b7-5+. The van der Waals surface area contributed by atoms with E-state index in [1.807, 2.05) is 19.1 Å². The number of ether oxygens (including phenoxy) is 3. The van der Waals surface area contributed by atoms with Crippen LogP contribution in [0.15, 0.2) is 18.2 Å². The van der Waals surface area contributed by atoms with E-state index in [0.29, 0.717) is 23.7 Å². The van der Waals surface area contributed by atoms with Crippen molar-refractivity contribution in [3.63, 3.8) is 0 Å². The number of carbonyl (C=O) groups excluding carboxylic acids is 1. The second-order valence-electron chi connectivity index (χ2n) is 3.57. The molecule has 0 fully saturated rings. The van der Waals surface area contributed by atoms with Crippen molar-refractivity contribution in [1.29, 1.82) is 0 Å². The maximum Gasteiger partial charge on any atom is 0.310 e. The van der Waals surface area contributed by atoms with Crippen LogP contribution < -0.4 is 14.2 Å². The highest BCUT2D eigenvalue weighted by Crippen LogP contribution is 2.35. The first-order valence-electron chi connectivity index (χ1n) is 5.75. The Balaban J connectivity index is 3.23. The van der Waals surface area contributed by atoms with Gasteiger partial charge in [-0.25, -0.2) is 0 Å². The normalized spacial score (nSPS) is 10.4. The molecule has 0 spiro atoms. The van der Waals surface area contributed by atoms with Crippen LogP contribution in [0.4, 0.5) is 0 Å². The monoisotopic (exact) mass is 250 g/mol. The predicted molar refractivity (Wildman–Crippen MR) is 70.2 cm³/mol. The van der Waals surface area contributed by atoms with E-state index < -0.39 is 0 Å². The molecule has 0 saturated carbocycles. The Morgan fingerprint density at radius 2 is 1.78 bits per heavy atom. The maximum absolute atomic E-state index is 11.4. The Kier molecular flexibility index (Phi) is 5.24. The third kappa shape index (κ3) is 3.26. The molecule has 1 aromatic carbocycles. The van der Waals surface area contributed by atoms with E-state index in [1.54, 1.807) is 33.3 Å². The summed E-state index contributed by atoms with van der Waals surface area (Å²) < 4.78 is 15.7. The van der Waals surface area contributed by atoms with Gasteiger partial charge in [0, 0.05) is 18.1 Å². The molecular weight excluding hydrogens is 232 g/mol. The van der Waals surface area contributed by atoms with Gasteiger partial charge in [0.1, 0.15) is 5.75 Å². The Hall–Kier alpha value is -1.97. The first kappa shape index (κ1) is 14.1. The molecule has 18 heavy (non-hydrogen) atoms. The minimum absolute atomic E-state index is 0.284. The van der Waals surface area contributed by atoms with Gasteiger partial charge in [-0.1, -0.05) is 19.1 Å². The zero-order valence-electron chi connectivity index (χ0n) is 11.1. The van der Waals surface area contributed by atoms with Crippen LogP contribution in [0.25, 0.3) is 6.08 Å². The number of hydrogen-bond acceptors (Lipinski definition) is 4. The molecule has 0 amide bonds. The van der Waals surface area contributed by atoms with Crippen LogP contribution >= 0.6 is 0 Å². The van der Waals surface area contributed by atoms with E-state index in [2.05, 4.69) is 0 Å². The molecule has 0 N–H and O–H groups in total. The quantitative estimate of drug-likeness (QED) is 0.595. The van der Waals surface area contributed by atoms with E-state index in [1.165, 1.54) is 0 Å². The molecule has 0 heterocycles. The number of hydrogen-bond donors (Lipinski definition) is 0. The summed E-state index contributed by atoms with van der Waals surface area (Å²) in [5, 5.41) is 0. The van der Waals surface area contributed by atoms with Crippen LogP contribution in [0.1, 0.15) is 25.8 Å². The first-order chi connectivity index (χ1) is 8.65. The summed E-state index contributed by atoms with van der Waals surface area (Å²) in [7, 11) is 3.10. The molecule has 98 valence electrons. The summed E-state index contributed by atoms with van der Waals surface area (Å²) >= 11 is 0. The highest BCUT2D eigenvalue weighted by molar-refractivity contribution is 5.75. The Labute approximate surface area is 107 Å². The number of methoxy groups -OCH3 is 2.